The molecule has 0 spiro atoms. The van der Waals surface area contributed by atoms with Gasteiger partial charge < -0.3 is 10.1 Å². The molecule has 7 nitrogen and oxygen atoms in total. The number of benzene rings is 2. The maximum Gasteiger partial charge on any atom is 0.230 e. The van der Waals surface area contributed by atoms with Gasteiger partial charge in [-0.1, -0.05) is 23.9 Å². The first-order valence-corrected chi connectivity index (χ1v) is 9.12. The van der Waals surface area contributed by atoms with E-state index in [9.17, 15) is 9.18 Å². The summed E-state index contributed by atoms with van der Waals surface area (Å²) in [5.74, 6) is 0.477. The molecule has 3 rings (SSSR count). The van der Waals surface area contributed by atoms with Gasteiger partial charge in [-0.3, -0.25) is 4.79 Å². The predicted octanol–water partition coefficient (Wildman–Crippen LogP) is 2.53. The Hall–Kier alpha value is -2.94. The second-order valence-electron chi connectivity index (χ2n) is 5.72. The van der Waals surface area contributed by atoms with Crippen LogP contribution in [-0.4, -0.2) is 39.0 Å². The largest absolute Gasteiger partial charge is 0.497 e. The SMILES string of the molecule is COc1ccc(-n2nnnc2SCC(=O)NCc2ccc(F)c(C)c2)cc1. The van der Waals surface area contributed by atoms with Crippen molar-refractivity contribution >= 4 is 17.7 Å². The lowest BCUT2D eigenvalue weighted by Crippen LogP contribution is -2.24. The Labute approximate surface area is 159 Å². The molecule has 0 aliphatic heterocycles. The molecule has 2 aromatic carbocycles. The first-order valence-electron chi connectivity index (χ1n) is 8.14. The third kappa shape index (κ3) is 4.82. The quantitative estimate of drug-likeness (QED) is 0.628. The number of aryl methyl sites for hydroxylation is 1. The number of thioether (sulfide) groups is 1. The van der Waals surface area contributed by atoms with E-state index in [0.29, 0.717) is 17.3 Å². The van der Waals surface area contributed by atoms with Gasteiger partial charge in [0.05, 0.1) is 18.6 Å². The Morgan fingerprint density at radius 3 is 2.74 bits per heavy atom. The Morgan fingerprint density at radius 2 is 2.04 bits per heavy atom. The van der Waals surface area contributed by atoms with Crippen LogP contribution in [-0.2, 0) is 11.3 Å². The molecular weight excluding hydrogens is 369 g/mol. The zero-order chi connectivity index (χ0) is 19.2. The molecule has 0 atom stereocenters. The highest BCUT2D eigenvalue weighted by Crippen LogP contribution is 2.20. The van der Waals surface area contributed by atoms with Crippen LogP contribution in [0.1, 0.15) is 11.1 Å². The average Bonchev–Trinajstić information content (AvgIpc) is 3.16. The van der Waals surface area contributed by atoms with Crippen molar-refractivity contribution in [1.82, 2.24) is 25.5 Å². The summed E-state index contributed by atoms with van der Waals surface area (Å²) in [7, 11) is 1.60. The van der Waals surface area contributed by atoms with Crippen LogP contribution in [0.5, 0.6) is 5.75 Å². The molecule has 0 fully saturated rings. The summed E-state index contributed by atoms with van der Waals surface area (Å²) < 4.78 is 20.0. The molecule has 0 aliphatic carbocycles. The van der Waals surface area contributed by atoms with Gasteiger partial charge in [-0.25, -0.2) is 4.39 Å². The van der Waals surface area contributed by atoms with Crippen molar-refractivity contribution in [2.45, 2.75) is 18.6 Å². The van der Waals surface area contributed by atoms with Crippen molar-refractivity contribution in [1.29, 1.82) is 0 Å². The van der Waals surface area contributed by atoms with Crippen LogP contribution < -0.4 is 10.1 Å². The second-order valence-corrected chi connectivity index (χ2v) is 6.66. The van der Waals surface area contributed by atoms with Crippen LogP contribution in [0.2, 0.25) is 0 Å². The van der Waals surface area contributed by atoms with Crippen molar-refractivity contribution in [3.05, 3.63) is 59.4 Å². The molecule has 9 heteroatoms. The third-order valence-electron chi connectivity index (χ3n) is 3.80. The van der Waals surface area contributed by atoms with Crippen molar-refractivity contribution < 1.29 is 13.9 Å². The van der Waals surface area contributed by atoms with E-state index in [0.717, 1.165) is 17.0 Å². The van der Waals surface area contributed by atoms with Crippen molar-refractivity contribution in [3.63, 3.8) is 0 Å². The van der Waals surface area contributed by atoms with Crippen LogP contribution >= 0.6 is 11.8 Å². The number of amides is 1. The Morgan fingerprint density at radius 1 is 1.26 bits per heavy atom. The number of ether oxygens (including phenoxy) is 1. The first-order chi connectivity index (χ1) is 13.1. The summed E-state index contributed by atoms with van der Waals surface area (Å²) in [5, 5.41) is 14.9. The molecule has 0 bridgehead atoms. The van der Waals surface area contributed by atoms with E-state index in [1.165, 1.54) is 17.8 Å². The van der Waals surface area contributed by atoms with E-state index in [4.69, 9.17) is 4.74 Å². The lowest BCUT2D eigenvalue weighted by Gasteiger charge is -2.07. The number of methoxy groups -OCH3 is 1. The van der Waals surface area contributed by atoms with E-state index in [1.807, 2.05) is 24.3 Å². The number of rotatable bonds is 7. The molecule has 0 aliphatic rings. The van der Waals surface area contributed by atoms with E-state index < -0.39 is 0 Å². The Kier molecular flexibility index (Phi) is 6.02. The maximum atomic E-state index is 13.3. The van der Waals surface area contributed by atoms with Crippen LogP contribution in [0.15, 0.2) is 47.6 Å². The van der Waals surface area contributed by atoms with Gasteiger partial charge >= 0.3 is 0 Å². The molecule has 3 aromatic rings. The van der Waals surface area contributed by atoms with Gasteiger partial charge in [0.25, 0.3) is 0 Å². The van der Waals surface area contributed by atoms with Gasteiger partial charge in [-0.2, -0.15) is 4.68 Å². The molecule has 0 radical (unpaired) electrons. The molecule has 1 amide bonds. The topological polar surface area (TPSA) is 81.9 Å². The number of carbonyl (C=O) groups is 1. The number of tetrazole rings is 1. The van der Waals surface area contributed by atoms with E-state index in [1.54, 1.807) is 30.8 Å². The molecule has 1 N–H and O–H groups in total. The number of aromatic nitrogens is 4. The predicted molar refractivity (Wildman–Crippen MR) is 99.4 cm³/mol. The number of hydrogen-bond acceptors (Lipinski definition) is 6. The summed E-state index contributed by atoms with van der Waals surface area (Å²) in [6, 6.07) is 12.0. The third-order valence-corrected chi connectivity index (χ3v) is 4.72. The lowest BCUT2D eigenvalue weighted by molar-refractivity contribution is -0.118. The van der Waals surface area contributed by atoms with Gasteiger partial charge in [0.1, 0.15) is 11.6 Å². The molecule has 1 aromatic heterocycles. The van der Waals surface area contributed by atoms with Crippen LogP contribution in [0.25, 0.3) is 5.69 Å². The maximum absolute atomic E-state index is 13.3. The average molecular weight is 387 g/mol. The van der Waals surface area contributed by atoms with E-state index >= 15 is 0 Å². The van der Waals surface area contributed by atoms with Gasteiger partial charge in [-0.05, 0) is 58.8 Å². The minimum absolute atomic E-state index is 0.161. The summed E-state index contributed by atoms with van der Waals surface area (Å²) in [6.45, 7) is 2.03. The van der Waals surface area contributed by atoms with Gasteiger partial charge in [0.2, 0.25) is 11.1 Å². The lowest BCUT2D eigenvalue weighted by atomic mass is 10.1. The number of nitrogens with zero attached hydrogens (tertiary/aromatic N) is 4. The van der Waals surface area contributed by atoms with Gasteiger partial charge in [0.15, 0.2) is 0 Å². The molecule has 1 heterocycles. The molecule has 140 valence electrons. The fraction of sp³-hybridized carbons (Fsp3) is 0.222. The minimum atomic E-state index is -0.258. The van der Waals surface area contributed by atoms with Crippen molar-refractivity contribution in [2.24, 2.45) is 0 Å². The van der Waals surface area contributed by atoms with Gasteiger partial charge in [-0.15, -0.1) is 5.10 Å². The highest BCUT2D eigenvalue weighted by molar-refractivity contribution is 7.99. The first kappa shape index (κ1) is 18.8. The summed E-state index contributed by atoms with van der Waals surface area (Å²) in [4.78, 5) is 12.1. The number of halogens is 1. The second kappa shape index (κ2) is 8.63. The van der Waals surface area contributed by atoms with Crippen molar-refractivity contribution in [2.75, 3.05) is 12.9 Å². The monoisotopic (exact) mass is 387 g/mol. The Balaban J connectivity index is 1.56. The molecule has 0 unspecified atom stereocenters. The fourth-order valence-electron chi connectivity index (χ4n) is 2.35. The molecular formula is C18H18FN5O2S. The Bertz CT molecular complexity index is 930. The standard InChI is InChI=1S/C18H18FN5O2S/c1-12-9-13(3-8-16(12)19)10-20-17(25)11-27-18-21-22-23-24(18)14-4-6-15(26-2)7-5-14/h3-9H,10-11H2,1-2H3,(H,20,25). The highest BCUT2D eigenvalue weighted by Gasteiger charge is 2.12. The molecule has 0 saturated carbocycles. The molecule has 27 heavy (non-hydrogen) atoms. The zero-order valence-electron chi connectivity index (χ0n) is 14.8. The van der Waals surface area contributed by atoms with E-state index in [-0.39, 0.29) is 17.5 Å². The van der Waals surface area contributed by atoms with Gasteiger partial charge in [0, 0.05) is 6.54 Å². The summed E-state index contributed by atoms with van der Waals surface area (Å²) in [5.41, 5.74) is 2.16. The normalized spacial score (nSPS) is 10.6. The molecule has 0 saturated heterocycles. The minimum Gasteiger partial charge on any atom is -0.497 e. The van der Waals surface area contributed by atoms with Crippen molar-refractivity contribution in [3.8, 4) is 11.4 Å². The van der Waals surface area contributed by atoms with Crippen LogP contribution in [0.3, 0.4) is 0 Å². The summed E-state index contributed by atoms with van der Waals surface area (Å²) in [6.07, 6.45) is 0. The summed E-state index contributed by atoms with van der Waals surface area (Å²) >= 11 is 1.23. The fourth-order valence-corrected chi connectivity index (χ4v) is 3.07. The smallest absolute Gasteiger partial charge is 0.230 e. The number of carbonyl (C=O) groups excluding carboxylic acids is 1. The highest BCUT2D eigenvalue weighted by atomic mass is 32.2. The zero-order valence-corrected chi connectivity index (χ0v) is 15.7. The van der Waals surface area contributed by atoms with Crippen LogP contribution in [0, 0.1) is 12.7 Å². The van der Waals surface area contributed by atoms with E-state index in [2.05, 4.69) is 20.8 Å². The van der Waals surface area contributed by atoms with Crippen LogP contribution in [0.4, 0.5) is 4.39 Å². The number of nitrogens with one attached hydrogen (secondary N) is 1. The number of hydrogen-bond donors (Lipinski definition) is 1.